The molecule has 0 N–H and O–H groups in total. The molecule has 3 heteroatoms. The molecule has 0 atom stereocenters. The molecule has 2 nitrogen and oxygen atoms in total. The van der Waals surface area contributed by atoms with Crippen molar-refractivity contribution < 1.29 is 0 Å². The number of benzene rings is 9. The fourth-order valence-corrected chi connectivity index (χ4v) is 10.1. The Hall–Kier alpha value is -7.33. The molecule has 0 aliphatic rings. The number of fused-ring (bicyclic) bond motifs is 9. The molecule has 0 spiro atoms. The predicted octanol–water partition coefficient (Wildman–Crippen LogP) is 15.5. The fourth-order valence-electron chi connectivity index (χ4n) is 9.05. The quantitative estimate of drug-likeness (QED) is 0.160. The van der Waals surface area contributed by atoms with E-state index in [1.54, 1.807) is 0 Å². The molecule has 0 saturated carbocycles. The van der Waals surface area contributed by atoms with Gasteiger partial charge in [0.1, 0.15) is 0 Å². The summed E-state index contributed by atoms with van der Waals surface area (Å²) in [5, 5.41) is 10.0. The number of thiophene rings is 1. The van der Waals surface area contributed by atoms with Crippen LogP contribution < -0.4 is 0 Å². The van der Waals surface area contributed by atoms with E-state index in [1.807, 2.05) is 11.3 Å². The van der Waals surface area contributed by atoms with Crippen molar-refractivity contribution >= 4 is 74.9 Å². The highest BCUT2D eigenvalue weighted by atomic mass is 32.1. The molecule has 9 aromatic carbocycles. The van der Waals surface area contributed by atoms with Crippen LogP contribution in [0.1, 0.15) is 0 Å². The van der Waals surface area contributed by atoms with Crippen molar-refractivity contribution in [2.45, 2.75) is 0 Å². The van der Waals surface area contributed by atoms with Gasteiger partial charge in [-0.1, -0.05) is 140 Å². The summed E-state index contributed by atoms with van der Waals surface area (Å²) in [4.78, 5) is 5.56. The highest BCUT2D eigenvalue weighted by Crippen LogP contribution is 2.42. The lowest BCUT2D eigenvalue weighted by Gasteiger charge is -2.17. The van der Waals surface area contributed by atoms with Crippen LogP contribution in [0.5, 0.6) is 0 Å². The first-order valence-electron chi connectivity index (χ1n) is 19.8. The van der Waals surface area contributed by atoms with Gasteiger partial charge in [-0.15, -0.1) is 11.3 Å². The van der Waals surface area contributed by atoms with Gasteiger partial charge in [0, 0.05) is 47.8 Å². The van der Waals surface area contributed by atoms with Gasteiger partial charge in [0.05, 0.1) is 22.4 Å². The first-order valence-corrected chi connectivity index (χ1v) is 20.6. The van der Waals surface area contributed by atoms with Crippen molar-refractivity contribution in [3.63, 3.8) is 0 Å². The highest BCUT2D eigenvalue weighted by Gasteiger charge is 2.18. The summed E-state index contributed by atoms with van der Waals surface area (Å²) < 4.78 is 5.02. The minimum atomic E-state index is 0.931. The van der Waals surface area contributed by atoms with Crippen LogP contribution in [0.4, 0.5) is 0 Å². The molecular weight excluding hydrogens is 721 g/mol. The molecule has 0 fully saturated rings. The van der Waals surface area contributed by atoms with Gasteiger partial charge < -0.3 is 4.57 Å². The van der Waals surface area contributed by atoms with Gasteiger partial charge in [-0.3, -0.25) is 0 Å². The van der Waals surface area contributed by atoms with E-state index >= 15 is 0 Å². The molecule has 0 unspecified atom stereocenters. The second-order valence-electron chi connectivity index (χ2n) is 15.1. The van der Waals surface area contributed by atoms with Crippen LogP contribution in [-0.4, -0.2) is 9.55 Å². The number of nitrogens with zero attached hydrogens (tertiary/aromatic N) is 2. The van der Waals surface area contributed by atoms with Crippen LogP contribution in [-0.2, 0) is 0 Å². The van der Waals surface area contributed by atoms with E-state index in [0.29, 0.717) is 0 Å². The normalized spacial score (nSPS) is 11.8. The minimum absolute atomic E-state index is 0.931. The maximum atomic E-state index is 5.56. The van der Waals surface area contributed by atoms with Gasteiger partial charge >= 0.3 is 0 Å². The van der Waals surface area contributed by atoms with E-state index in [4.69, 9.17) is 4.98 Å². The summed E-state index contributed by atoms with van der Waals surface area (Å²) in [5.74, 6) is 0. The van der Waals surface area contributed by atoms with E-state index in [1.165, 1.54) is 69.1 Å². The SMILES string of the molecule is c1ccc(-c2cc(-c3cc(-c4cc5ccccc5c5ccccc45)cc(-n4c5ccccc5c5ccccc54)c3)nc(-c3ccc4sc5ccccc5c4c3)c2)cc1. The summed E-state index contributed by atoms with van der Waals surface area (Å²) in [6.45, 7) is 0. The maximum absolute atomic E-state index is 5.56. The van der Waals surface area contributed by atoms with Crippen molar-refractivity contribution in [1.82, 2.24) is 9.55 Å². The number of pyridine rings is 1. The first-order chi connectivity index (χ1) is 28.7. The molecule has 0 amide bonds. The molecular formula is C55H34N2S. The molecule has 0 radical (unpaired) electrons. The molecule has 270 valence electrons. The van der Waals surface area contributed by atoms with E-state index in [0.717, 1.165) is 44.9 Å². The van der Waals surface area contributed by atoms with E-state index < -0.39 is 0 Å². The van der Waals surface area contributed by atoms with Crippen molar-refractivity contribution in [2.75, 3.05) is 0 Å². The molecule has 3 aromatic heterocycles. The third kappa shape index (κ3) is 5.28. The lowest BCUT2D eigenvalue weighted by molar-refractivity contribution is 1.18. The Morgan fingerprint density at radius 3 is 1.69 bits per heavy atom. The summed E-state index contributed by atoms with van der Waals surface area (Å²) >= 11 is 1.85. The number of para-hydroxylation sites is 2. The van der Waals surface area contributed by atoms with Crippen LogP contribution >= 0.6 is 11.3 Å². The molecule has 58 heavy (non-hydrogen) atoms. The Morgan fingerprint density at radius 2 is 0.914 bits per heavy atom. The molecule has 3 heterocycles. The summed E-state index contributed by atoms with van der Waals surface area (Å²) in [5.41, 5.74) is 12.2. The lowest BCUT2D eigenvalue weighted by atomic mass is 9.91. The summed E-state index contributed by atoms with van der Waals surface area (Å²) in [7, 11) is 0. The van der Waals surface area contributed by atoms with Crippen LogP contribution in [0.3, 0.4) is 0 Å². The number of rotatable bonds is 5. The number of hydrogen-bond donors (Lipinski definition) is 0. The maximum Gasteiger partial charge on any atom is 0.0716 e. The Kier molecular flexibility index (Phi) is 7.44. The van der Waals surface area contributed by atoms with Crippen molar-refractivity contribution in [1.29, 1.82) is 0 Å². The summed E-state index contributed by atoms with van der Waals surface area (Å²) in [6, 6.07) is 75.2. The minimum Gasteiger partial charge on any atom is -0.309 e. The zero-order valence-electron chi connectivity index (χ0n) is 31.4. The average Bonchev–Trinajstić information content (AvgIpc) is 3.84. The van der Waals surface area contributed by atoms with Gasteiger partial charge in [0.15, 0.2) is 0 Å². The van der Waals surface area contributed by atoms with E-state index in [9.17, 15) is 0 Å². The predicted molar refractivity (Wildman–Crippen MR) is 248 cm³/mol. The lowest BCUT2D eigenvalue weighted by Crippen LogP contribution is -1.98. The Labute approximate surface area is 339 Å². The standard InChI is InChI=1S/C55H34N2S/c1-2-14-35(15-3-1)38-33-50(37-26-27-55-49(32-37)47-22-10-13-25-54(47)58-55)56-51(34-38)40-28-39(48-31-36-16-4-5-17-42(36)43-18-6-7-19-44(43)48)29-41(30-40)57-52-23-11-8-20-45(52)46-21-9-12-24-53(46)57/h1-34H. The number of hydrogen-bond acceptors (Lipinski definition) is 2. The first kappa shape index (κ1) is 32.9. The second kappa shape index (κ2) is 13.1. The van der Waals surface area contributed by atoms with Crippen molar-refractivity contribution in [3.8, 4) is 50.5 Å². The smallest absolute Gasteiger partial charge is 0.0716 e. The molecule has 0 aliphatic carbocycles. The van der Waals surface area contributed by atoms with Gasteiger partial charge in [-0.25, -0.2) is 4.98 Å². The second-order valence-corrected chi connectivity index (χ2v) is 16.2. The van der Waals surface area contributed by atoms with Crippen LogP contribution in [0, 0.1) is 0 Å². The van der Waals surface area contributed by atoms with Gasteiger partial charge in [0.25, 0.3) is 0 Å². The van der Waals surface area contributed by atoms with E-state index in [-0.39, 0.29) is 0 Å². The molecule has 12 aromatic rings. The zero-order chi connectivity index (χ0) is 38.2. The summed E-state index contributed by atoms with van der Waals surface area (Å²) in [6.07, 6.45) is 0. The molecule has 0 saturated heterocycles. The van der Waals surface area contributed by atoms with Crippen LogP contribution in [0.25, 0.3) is 114 Å². The van der Waals surface area contributed by atoms with Crippen molar-refractivity contribution in [3.05, 3.63) is 206 Å². The zero-order valence-corrected chi connectivity index (χ0v) is 32.2. The highest BCUT2D eigenvalue weighted by molar-refractivity contribution is 7.25. The Bertz CT molecular complexity index is 3520. The largest absolute Gasteiger partial charge is 0.309 e. The van der Waals surface area contributed by atoms with Gasteiger partial charge in [0.2, 0.25) is 0 Å². The van der Waals surface area contributed by atoms with Gasteiger partial charge in [-0.05, 0) is 111 Å². The third-order valence-electron chi connectivity index (χ3n) is 11.7. The molecule has 0 bridgehead atoms. The fraction of sp³-hybridized carbons (Fsp3) is 0. The van der Waals surface area contributed by atoms with Gasteiger partial charge in [-0.2, -0.15) is 0 Å². The average molecular weight is 755 g/mol. The Morgan fingerprint density at radius 1 is 0.328 bits per heavy atom. The van der Waals surface area contributed by atoms with E-state index in [2.05, 4.69) is 211 Å². The topological polar surface area (TPSA) is 17.8 Å². The number of aromatic nitrogens is 2. The monoisotopic (exact) mass is 754 g/mol. The van der Waals surface area contributed by atoms with Crippen molar-refractivity contribution in [2.24, 2.45) is 0 Å². The molecule has 12 rings (SSSR count). The van der Waals surface area contributed by atoms with Crippen LogP contribution in [0.2, 0.25) is 0 Å². The Balaban J connectivity index is 1.16. The van der Waals surface area contributed by atoms with Crippen LogP contribution in [0.15, 0.2) is 206 Å². The molecule has 0 aliphatic heterocycles. The third-order valence-corrected chi connectivity index (χ3v) is 12.9.